The lowest BCUT2D eigenvalue weighted by Gasteiger charge is -2.26. The lowest BCUT2D eigenvalue weighted by molar-refractivity contribution is 0.0192. The molecule has 0 spiro atoms. The molecule has 0 aromatic heterocycles. The lowest BCUT2D eigenvalue weighted by atomic mass is 9.96. The number of carbonyl (C=O) groups is 4. The van der Waals surface area contributed by atoms with Crippen molar-refractivity contribution in [3.8, 4) is 11.5 Å². The number of hydrogen-bond acceptors (Lipinski definition) is 8. The summed E-state index contributed by atoms with van der Waals surface area (Å²) in [6.07, 6.45) is 0.629. The van der Waals surface area contributed by atoms with Gasteiger partial charge in [0.05, 0.1) is 22.7 Å². The van der Waals surface area contributed by atoms with Crippen LogP contribution in [0.5, 0.6) is 11.5 Å². The number of benzene rings is 3. The van der Waals surface area contributed by atoms with Crippen molar-refractivity contribution in [2.24, 2.45) is 0 Å². The number of esters is 1. The van der Waals surface area contributed by atoms with E-state index in [1.807, 2.05) is 0 Å². The molecule has 5 N–H and O–H groups in total. The average Bonchev–Trinajstić information content (AvgIpc) is 3.13. The Bertz CT molecular complexity index is 1350. The van der Waals surface area contributed by atoms with E-state index in [9.17, 15) is 34.5 Å². The van der Waals surface area contributed by atoms with E-state index in [1.54, 1.807) is 0 Å². The van der Waals surface area contributed by atoms with E-state index in [2.05, 4.69) is 10.6 Å². The molecule has 0 unspecified atom stereocenters. The molecule has 196 valence electrons. The number of phenols is 2. The molecule has 1 heterocycles. The number of aromatic carboxylic acids is 1. The molecule has 0 radical (unpaired) electrons. The number of aromatic hydroxyl groups is 2. The molecule has 1 fully saturated rings. The normalized spacial score (nSPS) is 17.2. The molecule has 1 amide bonds. The van der Waals surface area contributed by atoms with Gasteiger partial charge in [-0.1, -0.05) is 18.2 Å². The molecule has 3 aromatic carbocycles. The zero-order valence-corrected chi connectivity index (χ0v) is 20.2. The van der Waals surface area contributed by atoms with Gasteiger partial charge in [-0.05, 0) is 67.9 Å². The Labute approximate surface area is 217 Å². The van der Waals surface area contributed by atoms with Gasteiger partial charge in [0, 0.05) is 17.7 Å². The minimum Gasteiger partial charge on any atom is -0.508 e. The maximum absolute atomic E-state index is 12.9. The Morgan fingerprint density at radius 2 is 1.53 bits per heavy atom. The average molecular weight is 519 g/mol. The van der Waals surface area contributed by atoms with Gasteiger partial charge in [0.25, 0.3) is 5.91 Å². The van der Waals surface area contributed by atoms with Crippen LogP contribution in [0.25, 0.3) is 0 Å². The Hall–Kier alpha value is -4.70. The van der Waals surface area contributed by atoms with Crippen molar-refractivity contribution in [1.82, 2.24) is 10.6 Å². The minimum absolute atomic E-state index is 0.0418. The molecule has 3 aromatic rings. The number of rotatable bonds is 7. The molecule has 10 heteroatoms. The maximum Gasteiger partial charge on any atom is 0.338 e. The number of phenolic OH excluding ortho intramolecular Hbond substituents is 2. The molecule has 1 saturated heterocycles. The zero-order valence-electron chi connectivity index (χ0n) is 20.2. The van der Waals surface area contributed by atoms with Crippen molar-refractivity contribution in [3.63, 3.8) is 0 Å². The molecule has 1 aliphatic heterocycles. The van der Waals surface area contributed by atoms with Crippen LogP contribution < -0.4 is 10.6 Å². The number of nitrogens with one attached hydrogen (secondary N) is 2. The Kier molecular flexibility index (Phi) is 8.03. The standard InChI is InChI=1S/C28H26N2O8/c31-19-12-10-17(11-13-19)26(34)30-21-15-29-14-2-5-23(21)38-28(37)18-8-6-16(7-9-18)25(33)24-20(27(35)36)3-1-4-22(24)32/h1,3-4,6-13,21,23,29,31-32H,2,5,14-15H2,(H,30,34)(H,35,36)/t21-,23-/m0/s1. The molecule has 0 aliphatic carbocycles. The highest BCUT2D eigenvalue weighted by Gasteiger charge is 2.29. The first-order chi connectivity index (χ1) is 18.2. The van der Waals surface area contributed by atoms with Crippen LogP contribution >= 0.6 is 0 Å². The molecular formula is C28H26N2O8. The second-order valence-corrected chi connectivity index (χ2v) is 8.83. The van der Waals surface area contributed by atoms with Gasteiger partial charge in [0.15, 0.2) is 5.78 Å². The minimum atomic E-state index is -1.35. The number of amides is 1. The van der Waals surface area contributed by atoms with Gasteiger partial charge in [0.2, 0.25) is 0 Å². The van der Waals surface area contributed by atoms with Crippen LogP contribution in [0.1, 0.15) is 59.8 Å². The fraction of sp³-hybridized carbons (Fsp3) is 0.214. The van der Waals surface area contributed by atoms with E-state index in [1.165, 1.54) is 66.7 Å². The van der Waals surface area contributed by atoms with Crippen molar-refractivity contribution in [2.45, 2.75) is 25.0 Å². The number of carboxylic acids is 1. The van der Waals surface area contributed by atoms with E-state index < -0.39 is 35.6 Å². The molecule has 0 saturated carbocycles. The van der Waals surface area contributed by atoms with E-state index in [0.29, 0.717) is 25.1 Å². The molecule has 2 atom stereocenters. The van der Waals surface area contributed by atoms with Gasteiger partial charge in [-0.25, -0.2) is 9.59 Å². The van der Waals surface area contributed by atoms with Gasteiger partial charge in [-0.3, -0.25) is 9.59 Å². The van der Waals surface area contributed by atoms with Gasteiger partial charge in [-0.2, -0.15) is 0 Å². The monoisotopic (exact) mass is 518 g/mol. The second kappa shape index (κ2) is 11.6. The first kappa shape index (κ1) is 26.4. The summed E-state index contributed by atoms with van der Waals surface area (Å²) < 4.78 is 5.74. The predicted octanol–water partition coefficient (Wildman–Crippen LogP) is 2.73. The summed E-state index contributed by atoms with van der Waals surface area (Å²) >= 11 is 0. The highest BCUT2D eigenvalue weighted by Crippen LogP contribution is 2.25. The van der Waals surface area contributed by atoms with Gasteiger partial charge < -0.3 is 30.7 Å². The van der Waals surface area contributed by atoms with Crippen LogP contribution in [-0.4, -0.2) is 64.2 Å². The number of hydrogen-bond donors (Lipinski definition) is 5. The van der Waals surface area contributed by atoms with Crippen molar-refractivity contribution in [3.05, 3.63) is 94.5 Å². The summed E-state index contributed by atoms with van der Waals surface area (Å²) in [6, 6.07) is 14.6. The van der Waals surface area contributed by atoms with E-state index in [0.717, 1.165) is 6.42 Å². The van der Waals surface area contributed by atoms with Crippen molar-refractivity contribution >= 4 is 23.6 Å². The van der Waals surface area contributed by atoms with Gasteiger partial charge in [-0.15, -0.1) is 0 Å². The van der Waals surface area contributed by atoms with E-state index >= 15 is 0 Å². The predicted molar refractivity (Wildman–Crippen MR) is 136 cm³/mol. The number of carbonyl (C=O) groups excluding carboxylic acids is 3. The fourth-order valence-corrected chi connectivity index (χ4v) is 4.23. The molecule has 0 bridgehead atoms. The summed E-state index contributed by atoms with van der Waals surface area (Å²) in [4.78, 5) is 50.0. The zero-order chi connectivity index (χ0) is 27.2. The van der Waals surface area contributed by atoms with Gasteiger partial charge in [0.1, 0.15) is 17.6 Å². The maximum atomic E-state index is 12.9. The quantitative estimate of drug-likeness (QED) is 0.234. The number of ketones is 1. The SMILES string of the molecule is O=C(N[C@H]1CNCCC[C@@H]1OC(=O)c1ccc(C(=O)c2c(O)cccc2C(=O)O)cc1)c1ccc(O)cc1. The first-order valence-electron chi connectivity index (χ1n) is 12.0. The lowest BCUT2D eigenvalue weighted by Crippen LogP contribution is -2.49. The third-order valence-electron chi connectivity index (χ3n) is 6.24. The van der Waals surface area contributed by atoms with Crippen LogP contribution in [0, 0.1) is 0 Å². The summed E-state index contributed by atoms with van der Waals surface area (Å²) in [5.41, 5.74) is -0.0661. The Morgan fingerprint density at radius 3 is 2.21 bits per heavy atom. The smallest absolute Gasteiger partial charge is 0.338 e. The fourth-order valence-electron chi connectivity index (χ4n) is 4.23. The van der Waals surface area contributed by atoms with Crippen molar-refractivity contribution in [2.75, 3.05) is 13.1 Å². The molecule has 4 rings (SSSR count). The van der Waals surface area contributed by atoms with Crippen LogP contribution in [0.4, 0.5) is 0 Å². The Balaban J connectivity index is 1.47. The highest BCUT2D eigenvalue weighted by atomic mass is 16.5. The van der Waals surface area contributed by atoms with Crippen LogP contribution in [0.2, 0.25) is 0 Å². The summed E-state index contributed by atoms with van der Waals surface area (Å²) in [6.45, 7) is 1.09. The first-order valence-corrected chi connectivity index (χ1v) is 12.0. The Morgan fingerprint density at radius 1 is 0.868 bits per heavy atom. The van der Waals surface area contributed by atoms with Gasteiger partial charge >= 0.3 is 11.9 Å². The summed E-state index contributed by atoms with van der Waals surface area (Å²) in [5.74, 6) is -3.48. The topological polar surface area (TPSA) is 162 Å². The molecule has 1 aliphatic rings. The number of ether oxygens (including phenoxy) is 1. The van der Waals surface area contributed by atoms with Crippen LogP contribution in [0.3, 0.4) is 0 Å². The summed E-state index contributed by atoms with van der Waals surface area (Å²) in [7, 11) is 0. The number of carboxylic acid groups (broad SMARTS) is 1. The molecule has 10 nitrogen and oxygen atoms in total. The highest BCUT2D eigenvalue weighted by molar-refractivity contribution is 6.16. The third-order valence-corrected chi connectivity index (χ3v) is 6.24. The third kappa shape index (κ3) is 5.98. The second-order valence-electron chi connectivity index (χ2n) is 8.83. The van der Waals surface area contributed by atoms with Crippen LogP contribution in [0.15, 0.2) is 66.7 Å². The molecular weight excluding hydrogens is 492 g/mol. The van der Waals surface area contributed by atoms with Crippen molar-refractivity contribution < 1.29 is 39.2 Å². The summed E-state index contributed by atoms with van der Waals surface area (Å²) in [5, 5.41) is 35.0. The largest absolute Gasteiger partial charge is 0.508 e. The van der Waals surface area contributed by atoms with E-state index in [-0.39, 0.29) is 33.9 Å². The van der Waals surface area contributed by atoms with Crippen molar-refractivity contribution in [1.29, 1.82) is 0 Å². The molecule has 38 heavy (non-hydrogen) atoms. The van der Waals surface area contributed by atoms with E-state index in [4.69, 9.17) is 4.74 Å². The van der Waals surface area contributed by atoms with Crippen LogP contribution in [-0.2, 0) is 4.74 Å².